The standard InChI is InChI=1S/C11H22N2O/c1-9(10-5-2-3-6-10)13-11(14)7-4-8-12/h9-10H,2-8,12H2,1H3,(H,13,14). The molecule has 0 saturated heterocycles. The van der Waals surface area contributed by atoms with Crippen molar-refractivity contribution in [2.24, 2.45) is 11.7 Å². The second-order valence-electron chi connectivity index (χ2n) is 4.29. The molecule has 1 rings (SSSR count). The Hall–Kier alpha value is -0.570. The lowest BCUT2D eigenvalue weighted by molar-refractivity contribution is -0.122. The smallest absolute Gasteiger partial charge is 0.220 e. The number of hydrogen-bond acceptors (Lipinski definition) is 2. The van der Waals surface area contributed by atoms with Crippen molar-refractivity contribution in [2.75, 3.05) is 6.54 Å². The fourth-order valence-corrected chi connectivity index (χ4v) is 2.16. The summed E-state index contributed by atoms with van der Waals surface area (Å²) in [5, 5.41) is 3.06. The minimum absolute atomic E-state index is 0.162. The van der Waals surface area contributed by atoms with Crippen molar-refractivity contribution in [1.82, 2.24) is 5.32 Å². The summed E-state index contributed by atoms with van der Waals surface area (Å²) in [4.78, 5) is 11.4. The molecule has 0 bridgehead atoms. The molecule has 0 spiro atoms. The van der Waals surface area contributed by atoms with Crippen LogP contribution in [0.4, 0.5) is 0 Å². The summed E-state index contributed by atoms with van der Waals surface area (Å²) >= 11 is 0. The van der Waals surface area contributed by atoms with Gasteiger partial charge in [-0.3, -0.25) is 4.79 Å². The van der Waals surface area contributed by atoms with Gasteiger partial charge in [-0.25, -0.2) is 0 Å². The van der Waals surface area contributed by atoms with E-state index in [9.17, 15) is 4.79 Å². The van der Waals surface area contributed by atoms with Crippen LogP contribution >= 0.6 is 0 Å². The van der Waals surface area contributed by atoms with Gasteiger partial charge in [0.1, 0.15) is 0 Å². The third-order valence-electron chi connectivity index (χ3n) is 3.10. The molecule has 1 fully saturated rings. The molecule has 82 valence electrons. The number of carbonyl (C=O) groups excluding carboxylic acids is 1. The SMILES string of the molecule is CC(NC(=O)CCCN)C1CCCC1. The second-order valence-corrected chi connectivity index (χ2v) is 4.29. The Morgan fingerprint density at radius 2 is 2.14 bits per heavy atom. The van der Waals surface area contributed by atoms with E-state index in [1.807, 2.05) is 0 Å². The third kappa shape index (κ3) is 3.66. The zero-order chi connectivity index (χ0) is 10.4. The van der Waals surface area contributed by atoms with Crippen molar-refractivity contribution in [1.29, 1.82) is 0 Å². The first-order valence-corrected chi connectivity index (χ1v) is 5.73. The minimum atomic E-state index is 0.162. The van der Waals surface area contributed by atoms with Crippen molar-refractivity contribution in [3.05, 3.63) is 0 Å². The molecule has 1 amide bonds. The predicted molar refractivity (Wildman–Crippen MR) is 57.9 cm³/mol. The Labute approximate surface area is 86.4 Å². The van der Waals surface area contributed by atoms with Gasteiger partial charge in [0.25, 0.3) is 0 Å². The molecule has 0 heterocycles. The highest BCUT2D eigenvalue weighted by molar-refractivity contribution is 5.76. The van der Waals surface area contributed by atoms with Crippen LogP contribution in [-0.4, -0.2) is 18.5 Å². The lowest BCUT2D eigenvalue weighted by atomic mass is 10.00. The second kappa shape index (κ2) is 6.02. The average molecular weight is 198 g/mol. The van der Waals surface area contributed by atoms with E-state index in [-0.39, 0.29) is 5.91 Å². The molecule has 0 aromatic rings. The van der Waals surface area contributed by atoms with Gasteiger partial charge in [-0.05, 0) is 38.6 Å². The monoisotopic (exact) mass is 198 g/mol. The van der Waals surface area contributed by atoms with Crippen LogP contribution < -0.4 is 11.1 Å². The van der Waals surface area contributed by atoms with Gasteiger partial charge in [-0.2, -0.15) is 0 Å². The molecule has 1 aliphatic carbocycles. The summed E-state index contributed by atoms with van der Waals surface area (Å²) in [7, 11) is 0. The van der Waals surface area contributed by atoms with E-state index in [0.29, 0.717) is 24.9 Å². The maximum atomic E-state index is 11.4. The van der Waals surface area contributed by atoms with E-state index in [1.165, 1.54) is 25.7 Å². The van der Waals surface area contributed by atoms with E-state index in [1.54, 1.807) is 0 Å². The highest BCUT2D eigenvalue weighted by Gasteiger charge is 2.22. The fraction of sp³-hybridized carbons (Fsp3) is 0.909. The molecule has 1 atom stereocenters. The molecule has 0 radical (unpaired) electrons. The van der Waals surface area contributed by atoms with Crippen molar-refractivity contribution < 1.29 is 4.79 Å². The average Bonchev–Trinajstić information content (AvgIpc) is 2.67. The predicted octanol–water partition coefficient (Wildman–Crippen LogP) is 1.42. The van der Waals surface area contributed by atoms with E-state index >= 15 is 0 Å². The molecule has 3 nitrogen and oxygen atoms in total. The summed E-state index contributed by atoms with van der Waals surface area (Å²) in [5.41, 5.74) is 5.35. The number of amides is 1. The van der Waals surface area contributed by atoms with Gasteiger partial charge in [0, 0.05) is 12.5 Å². The van der Waals surface area contributed by atoms with Crippen molar-refractivity contribution in [2.45, 2.75) is 51.5 Å². The first-order valence-electron chi connectivity index (χ1n) is 5.73. The lowest BCUT2D eigenvalue weighted by Crippen LogP contribution is -2.37. The van der Waals surface area contributed by atoms with E-state index < -0.39 is 0 Å². The molecule has 0 aliphatic heterocycles. The van der Waals surface area contributed by atoms with Gasteiger partial charge < -0.3 is 11.1 Å². The van der Waals surface area contributed by atoms with Gasteiger partial charge in [0.05, 0.1) is 0 Å². The highest BCUT2D eigenvalue weighted by atomic mass is 16.1. The van der Waals surface area contributed by atoms with Crippen LogP contribution in [0.1, 0.15) is 45.4 Å². The highest BCUT2D eigenvalue weighted by Crippen LogP contribution is 2.27. The van der Waals surface area contributed by atoms with Crippen LogP contribution in [0.3, 0.4) is 0 Å². The zero-order valence-corrected chi connectivity index (χ0v) is 9.09. The van der Waals surface area contributed by atoms with Crippen LogP contribution in [0.2, 0.25) is 0 Å². The Morgan fingerprint density at radius 1 is 1.50 bits per heavy atom. The van der Waals surface area contributed by atoms with Crippen molar-refractivity contribution in [3.63, 3.8) is 0 Å². The van der Waals surface area contributed by atoms with Gasteiger partial charge >= 0.3 is 0 Å². The Bertz CT molecular complexity index is 176. The molecule has 0 aromatic heterocycles. The first-order chi connectivity index (χ1) is 6.74. The Morgan fingerprint density at radius 3 is 2.71 bits per heavy atom. The number of nitrogens with two attached hydrogens (primary N) is 1. The number of carbonyl (C=O) groups is 1. The summed E-state index contributed by atoms with van der Waals surface area (Å²) < 4.78 is 0. The number of nitrogens with one attached hydrogen (secondary N) is 1. The summed E-state index contributed by atoms with van der Waals surface area (Å²) in [6.45, 7) is 2.72. The fourth-order valence-electron chi connectivity index (χ4n) is 2.16. The molecular weight excluding hydrogens is 176 g/mol. The summed E-state index contributed by atoms with van der Waals surface area (Å²) in [6, 6.07) is 0.350. The van der Waals surface area contributed by atoms with E-state index in [4.69, 9.17) is 5.73 Å². The molecule has 1 aliphatic rings. The maximum Gasteiger partial charge on any atom is 0.220 e. The topological polar surface area (TPSA) is 55.1 Å². The molecule has 3 N–H and O–H groups in total. The first kappa shape index (κ1) is 11.5. The van der Waals surface area contributed by atoms with Crippen molar-refractivity contribution >= 4 is 5.91 Å². The van der Waals surface area contributed by atoms with Crippen LogP contribution in [0, 0.1) is 5.92 Å². The maximum absolute atomic E-state index is 11.4. The van der Waals surface area contributed by atoms with Crippen LogP contribution in [0.5, 0.6) is 0 Å². The van der Waals surface area contributed by atoms with Crippen LogP contribution in [-0.2, 0) is 4.79 Å². The quantitative estimate of drug-likeness (QED) is 0.702. The van der Waals surface area contributed by atoms with Crippen molar-refractivity contribution in [3.8, 4) is 0 Å². The Balaban J connectivity index is 2.18. The number of hydrogen-bond donors (Lipinski definition) is 2. The van der Waals surface area contributed by atoms with Gasteiger partial charge in [-0.15, -0.1) is 0 Å². The molecule has 0 aromatic carbocycles. The molecule has 14 heavy (non-hydrogen) atoms. The molecule has 3 heteroatoms. The minimum Gasteiger partial charge on any atom is -0.353 e. The summed E-state index contributed by atoms with van der Waals surface area (Å²) in [6.07, 6.45) is 6.58. The van der Waals surface area contributed by atoms with E-state index in [2.05, 4.69) is 12.2 Å². The molecular formula is C11H22N2O. The van der Waals surface area contributed by atoms with Crippen LogP contribution in [0.25, 0.3) is 0 Å². The van der Waals surface area contributed by atoms with E-state index in [0.717, 1.165) is 6.42 Å². The lowest BCUT2D eigenvalue weighted by Gasteiger charge is -2.20. The van der Waals surface area contributed by atoms with Gasteiger partial charge in [-0.1, -0.05) is 12.8 Å². The zero-order valence-electron chi connectivity index (χ0n) is 9.09. The third-order valence-corrected chi connectivity index (χ3v) is 3.10. The molecule has 1 unspecified atom stereocenters. The largest absolute Gasteiger partial charge is 0.353 e. The normalized spacial score (nSPS) is 19.6. The Kier molecular flexibility index (Phi) is 4.94. The van der Waals surface area contributed by atoms with Gasteiger partial charge in [0.2, 0.25) is 5.91 Å². The van der Waals surface area contributed by atoms with Gasteiger partial charge in [0.15, 0.2) is 0 Å². The molecule has 1 saturated carbocycles. The van der Waals surface area contributed by atoms with Crippen LogP contribution in [0.15, 0.2) is 0 Å². The summed E-state index contributed by atoms with van der Waals surface area (Å²) in [5.74, 6) is 0.867. The number of rotatable bonds is 5.